The Morgan fingerprint density at radius 1 is 1.03 bits per heavy atom. The fourth-order valence-electron chi connectivity index (χ4n) is 3.76. The number of para-hydroxylation sites is 1. The minimum absolute atomic E-state index is 0.228. The van der Waals surface area contributed by atoms with Gasteiger partial charge in [-0.3, -0.25) is 19.0 Å². The molecule has 0 atom stereocenters. The van der Waals surface area contributed by atoms with Crippen LogP contribution in [0.2, 0.25) is 0 Å². The number of nitrogens with one attached hydrogen (secondary N) is 1. The van der Waals surface area contributed by atoms with Crippen molar-refractivity contribution in [3.8, 4) is 0 Å². The monoisotopic (exact) mass is 449 g/mol. The van der Waals surface area contributed by atoms with Gasteiger partial charge in [0.2, 0.25) is 5.91 Å². The Labute approximate surface area is 189 Å². The molecule has 3 aromatic rings. The van der Waals surface area contributed by atoms with Crippen molar-refractivity contribution in [3.05, 3.63) is 76.1 Å². The molecule has 4 rings (SSSR count). The normalized spacial score (nSPS) is 13.5. The van der Waals surface area contributed by atoms with Crippen LogP contribution in [0, 0.1) is 0 Å². The first kappa shape index (κ1) is 22.2. The Morgan fingerprint density at radius 2 is 1.73 bits per heavy atom. The average Bonchev–Trinajstić information content (AvgIpc) is 2.85. The number of methoxy groups -OCH3 is 1. The molecule has 9 heteroatoms. The van der Waals surface area contributed by atoms with Crippen molar-refractivity contribution in [2.24, 2.45) is 0 Å². The lowest BCUT2D eigenvalue weighted by molar-refractivity contribution is -0.116. The minimum atomic E-state index is -0.474. The first-order valence-corrected chi connectivity index (χ1v) is 10.5. The van der Waals surface area contributed by atoms with E-state index in [0.29, 0.717) is 54.0 Å². The summed E-state index contributed by atoms with van der Waals surface area (Å²) in [6.45, 7) is 1.62. The van der Waals surface area contributed by atoms with Gasteiger partial charge in [0, 0.05) is 30.2 Å². The summed E-state index contributed by atoms with van der Waals surface area (Å²) in [5.41, 5.74) is 1.20. The molecule has 0 saturated carbocycles. The van der Waals surface area contributed by atoms with E-state index in [9.17, 15) is 19.2 Å². The van der Waals surface area contributed by atoms with Crippen LogP contribution in [0.25, 0.3) is 10.9 Å². The standard InChI is InChI=1S/C24H23N3O6/c1-32-24(31)16-6-8-17(9-7-16)25-21(28)15-27-20-5-3-2-4-18(20)19(14-22(27)29)23(30)26-10-12-33-13-11-26/h2-9,14H,10-13,15H2,1H3,(H,25,28). The number of pyridine rings is 1. The average molecular weight is 449 g/mol. The van der Waals surface area contributed by atoms with E-state index < -0.39 is 17.4 Å². The second-order valence-corrected chi connectivity index (χ2v) is 7.52. The highest BCUT2D eigenvalue weighted by molar-refractivity contribution is 6.06. The third-order valence-corrected chi connectivity index (χ3v) is 5.44. The van der Waals surface area contributed by atoms with Crippen LogP contribution in [0.4, 0.5) is 5.69 Å². The summed E-state index contributed by atoms with van der Waals surface area (Å²) in [5.74, 6) is -1.12. The number of hydrogen-bond donors (Lipinski definition) is 1. The summed E-state index contributed by atoms with van der Waals surface area (Å²) in [6, 6.07) is 14.5. The van der Waals surface area contributed by atoms with Gasteiger partial charge in [0.05, 0.1) is 37.0 Å². The predicted molar refractivity (Wildman–Crippen MR) is 121 cm³/mol. The van der Waals surface area contributed by atoms with Gasteiger partial charge >= 0.3 is 5.97 Å². The number of amides is 2. The lowest BCUT2D eigenvalue weighted by atomic mass is 10.1. The lowest BCUT2D eigenvalue weighted by Crippen LogP contribution is -2.41. The molecular weight excluding hydrogens is 426 g/mol. The first-order valence-electron chi connectivity index (χ1n) is 10.5. The van der Waals surface area contributed by atoms with Crippen LogP contribution in [-0.4, -0.2) is 60.7 Å². The van der Waals surface area contributed by atoms with Crippen molar-refractivity contribution in [1.82, 2.24) is 9.47 Å². The Morgan fingerprint density at radius 3 is 2.42 bits per heavy atom. The highest BCUT2D eigenvalue weighted by Gasteiger charge is 2.22. The molecular formula is C24H23N3O6. The van der Waals surface area contributed by atoms with Crippen molar-refractivity contribution in [1.29, 1.82) is 0 Å². The number of nitrogens with zero attached hydrogens (tertiary/aromatic N) is 2. The number of anilines is 1. The van der Waals surface area contributed by atoms with Crippen LogP contribution in [0.3, 0.4) is 0 Å². The molecule has 2 heterocycles. The SMILES string of the molecule is COC(=O)c1ccc(NC(=O)Cn2c(=O)cc(C(=O)N3CCOCC3)c3ccccc32)cc1. The van der Waals surface area contributed by atoms with Crippen molar-refractivity contribution in [2.45, 2.75) is 6.54 Å². The van der Waals surface area contributed by atoms with Gasteiger partial charge in [0.25, 0.3) is 11.5 Å². The molecule has 1 N–H and O–H groups in total. The molecule has 1 saturated heterocycles. The molecule has 0 aliphatic carbocycles. The first-order chi connectivity index (χ1) is 16.0. The Hall–Kier alpha value is -3.98. The molecule has 0 unspecified atom stereocenters. The molecule has 1 aromatic heterocycles. The maximum absolute atomic E-state index is 13.0. The molecule has 170 valence electrons. The Balaban J connectivity index is 1.59. The van der Waals surface area contributed by atoms with E-state index in [1.807, 2.05) is 0 Å². The zero-order valence-electron chi connectivity index (χ0n) is 18.1. The molecule has 1 aliphatic rings. The number of carbonyl (C=O) groups is 3. The summed E-state index contributed by atoms with van der Waals surface area (Å²) < 4.78 is 11.3. The molecule has 1 fully saturated rings. The van der Waals surface area contributed by atoms with Gasteiger partial charge in [-0.15, -0.1) is 0 Å². The molecule has 0 radical (unpaired) electrons. The van der Waals surface area contributed by atoms with Crippen LogP contribution in [0.15, 0.2) is 59.4 Å². The largest absolute Gasteiger partial charge is 0.465 e. The van der Waals surface area contributed by atoms with Crippen LogP contribution < -0.4 is 10.9 Å². The highest BCUT2D eigenvalue weighted by Crippen LogP contribution is 2.19. The number of benzene rings is 2. The Kier molecular flexibility index (Phi) is 6.50. The van der Waals surface area contributed by atoms with Gasteiger partial charge in [0.15, 0.2) is 0 Å². The van der Waals surface area contributed by atoms with E-state index in [1.165, 1.54) is 29.9 Å². The molecule has 33 heavy (non-hydrogen) atoms. The van der Waals surface area contributed by atoms with Gasteiger partial charge in [-0.1, -0.05) is 18.2 Å². The Bertz CT molecular complexity index is 1260. The highest BCUT2D eigenvalue weighted by atomic mass is 16.5. The zero-order valence-corrected chi connectivity index (χ0v) is 18.1. The van der Waals surface area contributed by atoms with Crippen LogP contribution in [0.1, 0.15) is 20.7 Å². The van der Waals surface area contributed by atoms with Crippen molar-refractivity contribution in [3.63, 3.8) is 0 Å². The fraction of sp³-hybridized carbons (Fsp3) is 0.250. The summed E-state index contributed by atoms with van der Waals surface area (Å²) in [5, 5.41) is 3.32. The van der Waals surface area contributed by atoms with Crippen molar-refractivity contribution >= 4 is 34.4 Å². The number of ether oxygens (including phenoxy) is 2. The van der Waals surface area contributed by atoms with Gasteiger partial charge in [-0.2, -0.15) is 0 Å². The number of fused-ring (bicyclic) bond motifs is 1. The van der Waals surface area contributed by atoms with E-state index in [-0.39, 0.29) is 12.5 Å². The number of aromatic nitrogens is 1. The molecule has 0 bridgehead atoms. The number of rotatable bonds is 5. The van der Waals surface area contributed by atoms with Gasteiger partial charge < -0.3 is 19.7 Å². The van der Waals surface area contributed by atoms with Crippen molar-refractivity contribution in [2.75, 3.05) is 38.7 Å². The third-order valence-electron chi connectivity index (χ3n) is 5.44. The fourth-order valence-corrected chi connectivity index (χ4v) is 3.76. The summed E-state index contributed by atoms with van der Waals surface area (Å²) in [7, 11) is 1.29. The van der Waals surface area contributed by atoms with E-state index in [4.69, 9.17) is 4.74 Å². The molecule has 2 aromatic carbocycles. The van der Waals surface area contributed by atoms with Gasteiger partial charge in [0.1, 0.15) is 6.54 Å². The molecule has 9 nitrogen and oxygen atoms in total. The van der Waals surface area contributed by atoms with Gasteiger partial charge in [-0.25, -0.2) is 4.79 Å². The van der Waals surface area contributed by atoms with Crippen LogP contribution in [0.5, 0.6) is 0 Å². The minimum Gasteiger partial charge on any atom is -0.465 e. The quantitative estimate of drug-likeness (QED) is 0.597. The molecule has 1 aliphatic heterocycles. The maximum Gasteiger partial charge on any atom is 0.337 e. The molecule has 0 spiro atoms. The zero-order chi connectivity index (χ0) is 23.4. The summed E-state index contributed by atoms with van der Waals surface area (Å²) >= 11 is 0. The third kappa shape index (κ3) is 4.78. The number of carbonyl (C=O) groups excluding carboxylic acids is 3. The number of morpholine rings is 1. The van der Waals surface area contributed by atoms with E-state index in [0.717, 1.165) is 0 Å². The van der Waals surface area contributed by atoms with Gasteiger partial charge in [-0.05, 0) is 30.3 Å². The molecule has 2 amide bonds. The second-order valence-electron chi connectivity index (χ2n) is 7.52. The number of hydrogen-bond acceptors (Lipinski definition) is 6. The van der Waals surface area contributed by atoms with Crippen LogP contribution in [-0.2, 0) is 20.8 Å². The van der Waals surface area contributed by atoms with Crippen LogP contribution >= 0.6 is 0 Å². The van der Waals surface area contributed by atoms with E-state index >= 15 is 0 Å². The predicted octanol–water partition coefficient (Wildman–Crippen LogP) is 1.90. The maximum atomic E-state index is 13.0. The van der Waals surface area contributed by atoms with Crippen molar-refractivity contribution < 1.29 is 23.9 Å². The smallest absolute Gasteiger partial charge is 0.337 e. The van der Waals surface area contributed by atoms with E-state index in [2.05, 4.69) is 10.1 Å². The topological polar surface area (TPSA) is 107 Å². The summed E-state index contributed by atoms with van der Waals surface area (Å²) in [6.07, 6.45) is 0. The number of esters is 1. The summed E-state index contributed by atoms with van der Waals surface area (Å²) in [4.78, 5) is 51.8. The second kappa shape index (κ2) is 9.66. The van der Waals surface area contributed by atoms with E-state index in [1.54, 1.807) is 41.3 Å². The lowest BCUT2D eigenvalue weighted by Gasteiger charge is -2.27.